The number of anilines is 1. The quantitative estimate of drug-likeness (QED) is 0.120. The van der Waals surface area contributed by atoms with Crippen molar-refractivity contribution in [1.29, 1.82) is 0 Å². The fraction of sp³-hybridized carbons (Fsp3) is 0.512. The van der Waals surface area contributed by atoms with Gasteiger partial charge in [-0.3, -0.25) is 19.2 Å². The van der Waals surface area contributed by atoms with E-state index >= 15 is 0 Å². The summed E-state index contributed by atoms with van der Waals surface area (Å²) >= 11 is 0. The minimum atomic E-state index is -1.20. The van der Waals surface area contributed by atoms with Gasteiger partial charge in [-0.1, -0.05) is 67.5 Å². The first-order chi connectivity index (χ1) is 24.6. The van der Waals surface area contributed by atoms with E-state index in [0.29, 0.717) is 44.2 Å². The molecule has 3 amide bonds. The Balaban J connectivity index is 1.48. The van der Waals surface area contributed by atoms with Gasteiger partial charge in [-0.2, -0.15) is 0 Å². The lowest BCUT2D eigenvalue weighted by Crippen LogP contribution is -2.56. The molecule has 3 aliphatic rings. The lowest BCUT2D eigenvalue weighted by Gasteiger charge is -2.37. The Morgan fingerprint density at radius 1 is 1.10 bits per heavy atom. The SMILES string of the molecule is C=CCCC(=O)N[C@@H](C)[C@H](OC(=O)[C@@H]1[C@H]2C(=O)N(CCCCCCO)[C@H](C(=O)N(CC=C)c3cc(C)ccc3C)[C@]23CC[C@H]1O3)c1ccccc1. The predicted molar refractivity (Wildman–Crippen MR) is 196 cm³/mol. The van der Waals surface area contributed by atoms with E-state index in [9.17, 15) is 24.3 Å². The highest BCUT2D eigenvalue weighted by Crippen LogP contribution is 2.59. The van der Waals surface area contributed by atoms with E-state index in [1.165, 1.54) is 0 Å². The molecule has 0 aliphatic carbocycles. The van der Waals surface area contributed by atoms with E-state index < -0.39 is 47.7 Å². The van der Waals surface area contributed by atoms with Crippen LogP contribution in [0.4, 0.5) is 5.69 Å². The number of unbranched alkanes of at least 4 members (excludes halogenated alkanes) is 3. The Kier molecular flexibility index (Phi) is 12.5. The Morgan fingerprint density at radius 3 is 2.55 bits per heavy atom. The van der Waals surface area contributed by atoms with Gasteiger partial charge in [0, 0.05) is 31.8 Å². The summed E-state index contributed by atoms with van der Waals surface area (Å²) in [5, 5.41) is 12.3. The van der Waals surface area contributed by atoms with Crippen LogP contribution in [0.15, 0.2) is 73.8 Å². The number of benzene rings is 2. The summed E-state index contributed by atoms with van der Waals surface area (Å²) in [4.78, 5) is 60.0. The van der Waals surface area contributed by atoms with Gasteiger partial charge >= 0.3 is 5.97 Å². The van der Waals surface area contributed by atoms with Gasteiger partial charge in [0.2, 0.25) is 11.8 Å². The fourth-order valence-corrected chi connectivity index (χ4v) is 8.22. The zero-order valence-electron chi connectivity index (χ0n) is 30.2. The maximum atomic E-state index is 14.9. The highest BCUT2D eigenvalue weighted by atomic mass is 16.6. The van der Waals surface area contributed by atoms with Gasteiger partial charge in [-0.25, -0.2) is 0 Å². The Bertz CT molecular complexity index is 1590. The van der Waals surface area contributed by atoms with Crippen LogP contribution < -0.4 is 10.2 Å². The van der Waals surface area contributed by atoms with Crippen molar-refractivity contribution >= 4 is 29.4 Å². The summed E-state index contributed by atoms with van der Waals surface area (Å²) in [6.07, 6.45) is 6.59. The van der Waals surface area contributed by atoms with E-state index in [0.717, 1.165) is 29.7 Å². The molecular weight excluding hydrogens is 646 g/mol. The molecule has 0 saturated carbocycles. The number of carbonyl (C=O) groups is 4. The van der Waals surface area contributed by atoms with Crippen molar-refractivity contribution in [3.05, 3.63) is 90.5 Å². The minimum Gasteiger partial charge on any atom is -0.455 e. The minimum absolute atomic E-state index is 0.0986. The first-order valence-electron chi connectivity index (χ1n) is 18.3. The Hall–Kier alpha value is -4.28. The summed E-state index contributed by atoms with van der Waals surface area (Å²) < 4.78 is 13.0. The number of aryl methyl sites for hydroxylation is 2. The molecule has 51 heavy (non-hydrogen) atoms. The molecule has 0 aromatic heterocycles. The third kappa shape index (κ3) is 7.82. The fourth-order valence-electron chi connectivity index (χ4n) is 8.22. The number of hydrogen-bond acceptors (Lipinski definition) is 7. The van der Waals surface area contributed by atoms with Crippen molar-refractivity contribution in [2.45, 2.75) is 102 Å². The number of aliphatic hydroxyl groups is 1. The summed E-state index contributed by atoms with van der Waals surface area (Å²) in [7, 11) is 0. The maximum Gasteiger partial charge on any atom is 0.313 e. The average molecular weight is 700 g/mol. The molecule has 2 aromatic rings. The summed E-state index contributed by atoms with van der Waals surface area (Å²) in [5.41, 5.74) is 2.17. The molecule has 10 nitrogen and oxygen atoms in total. The van der Waals surface area contributed by atoms with E-state index in [-0.39, 0.29) is 37.3 Å². The van der Waals surface area contributed by atoms with Crippen LogP contribution in [0.2, 0.25) is 0 Å². The highest BCUT2D eigenvalue weighted by molar-refractivity contribution is 6.05. The number of fused-ring (bicyclic) bond motifs is 1. The molecule has 3 fully saturated rings. The van der Waals surface area contributed by atoms with E-state index in [2.05, 4.69) is 18.5 Å². The number of aliphatic hydroxyl groups excluding tert-OH is 1. The van der Waals surface area contributed by atoms with E-state index in [1.54, 1.807) is 28.9 Å². The third-order valence-electron chi connectivity index (χ3n) is 10.6. The van der Waals surface area contributed by atoms with Crippen molar-refractivity contribution in [3.63, 3.8) is 0 Å². The molecule has 5 rings (SSSR count). The highest BCUT2D eigenvalue weighted by Gasteiger charge is 2.75. The van der Waals surface area contributed by atoms with E-state index in [4.69, 9.17) is 9.47 Å². The van der Waals surface area contributed by atoms with Gasteiger partial charge in [-0.05, 0) is 75.6 Å². The van der Waals surface area contributed by atoms with Crippen LogP contribution in [0.25, 0.3) is 0 Å². The molecule has 3 saturated heterocycles. The number of esters is 1. The summed E-state index contributed by atoms with van der Waals surface area (Å²) in [6.45, 7) is 14.0. The number of hydrogen-bond donors (Lipinski definition) is 2. The monoisotopic (exact) mass is 699 g/mol. The van der Waals surface area contributed by atoms with Gasteiger partial charge in [0.05, 0.1) is 24.0 Å². The molecule has 0 unspecified atom stereocenters. The number of nitrogens with one attached hydrogen (secondary N) is 1. The molecule has 1 spiro atoms. The smallest absolute Gasteiger partial charge is 0.313 e. The second-order valence-corrected chi connectivity index (χ2v) is 14.2. The lowest BCUT2D eigenvalue weighted by molar-refractivity contribution is -0.162. The van der Waals surface area contributed by atoms with Crippen LogP contribution in [-0.4, -0.2) is 77.2 Å². The second-order valence-electron chi connectivity index (χ2n) is 14.2. The standard InChI is InChI=1S/C41H53N3O7/c1-6-8-18-33(46)42-29(5)36(30-16-12-11-13-17-30)50-40(49)34-32-21-22-41(51-32)35(34)38(47)44(24-14-9-10-15-25-45)37(41)39(48)43(23-7-2)31-26-27(3)19-20-28(31)4/h6-7,11-13,16-17,19-20,26,29,32,34-37,45H,1-2,8-10,14-15,18,21-25H2,3-5H3,(H,42,46)/t29-,32+,34-,35-,36-,37+,41-/m0/s1. The number of nitrogens with zero attached hydrogens (tertiary/aromatic N) is 2. The number of carbonyl (C=O) groups excluding carboxylic acids is 4. The topological polar surface area (TPSA) is 125 Å². The van der Waals surface area contributed by atoms with Crippen LogP contribution in [0.1, 0.15) is 81.1 Å². The van der Waals surface area contributed by atoms with Crippen LogP contribution in [0, 0.1) is 25.7 Å². The van der Waals surface area contributed by atoms with Gasteiger partial charge < -0.3 is 29.7 Å². The van der Waals surface area contributed by atoms with Crippen molar-refractivity contribution < 1.29 is 33.8 Å². The van der Waals surface area contributed by atoms with Gasteiger partial charge in [-0.15, -0.1) is 13.2 Å². The lowest BCUT2D eigenvalue weighted by atomic mass is 9.70. The first-order valence-corrected chi connectivity index (χ1v) is 18.3. The average Bonchev–Trinajstić information content (AvgIpc) is 3.77. The molecule has 3 heterocycles. The van der Waals surface area contributed by atoms with Crippen LogP contribution in [-0.2, 0) is 28.7 Å². The number of likely N-dealkylation sites (tertiary alicyclic amines) is 1. The third-order valence-corrected chi connectivity index (χ3v) is 10.6. The first kappa shape index (κ1) is 38.0. The van der Waals surface area contributed by atoms with Crippen molar-refractivity contribution in [2.75, 3.05) is 24.6 Å². The van der Waals surface area contributed by atoms with E-state index in [1.807, 2.05) is 62.4 Å². The van der Waals surface area contributed by atoms with Gasteiger partial charge in [0.15, 0.2) is 0 Å². The molecule has 2 aromatic carbocycles. The number of amides is 3. The number of ether oxygens (including phenoxy) is 2. The largest absolute Gasteiger partial charge is 0.455 e. The zero-order valence-corrected chi connectivity index (χ0v) is 30.2. The van der Waals surface area contributed by atoms with Crippen molar-refractivity contribution in [3.8, 4) is 0 Å². The molecule has 3 aliphatic heterocycles. The molecule has 2 bridgehead atoms. The Morgan fingerprint density at radius 2 is 1.84 bits per heavy atom. The van der Waals surface area contributed by atoms with Gasteiger partial charge in [0.25, 0.3) is 5.91 Å². The van der Waals surface area contributed by atoms with Crippen LogP contribution in [0.5, 0.6) is 0 Å². The Labute approximate surface area is 301 Å². The molecular formula is C41H53N3O7. The molecule has 7 atom stereocenters. The number of allylic oxidation sites excluding steroid dienone is 1. The predicted octanol–water partition coefficient (Wildman–Crippen LogP) is 5.51. The van der Waals surface area contributed by atoms with Crippen molar-refractivity contribution in [2.24, 2.45) is 11.8 Å². The molecule has 10 heteroatoms. The zero-order chi connectivity index (χ0) is 36.7. The molecule has 274 valence electrons. The van der Waals surface area contributed by atoms with Crippen LogP contribution in [0.3, 0.4) is 0 Å². The maximum absolute atomic E-state index is 14.9. The molecule has 2 N–H and O–H groups in total. The van der Waals surface area contributed by atoms with Crippen molar-refractivity contribution in [1.82, 2.24) is 10.2 Å². The second kappa shape index (κ2) is 16.8. The van der Waals surface area contributed by atoms with Crippen LogP contribution >= 0.6 is 0 Å². The summed E-state index contributed by atoms with van der Waals surface area (Å²) in [5.74, 6) is -3.10. The number of rotatable bonds is 18. The van der Waals surface area contributed by atoms with Gasteiger partial charge in [0.1, 0.15) is 17.7 Å². The molecule has 0 radical (unpaired) electrons. The summed E-state index contributed by atoms with van der Waals surface area (Å²) in [6, 6.07) is 13.7. The normalized spacial score (nSPS) is 24.5.